The van der Waals surface area contributed by atoms with Gasteiger partial charge >= 0.3 is 0 Å². The van der Waals surface area contributed by atoms with Crippen LogP contribution in [0.5, 0.6) is 0 Å². The van der Waals surface area contributed by atoms with E-state index in [9.17, 15) is 9.59 Å². The first-order chi connectivity index (χ1) is 15.5. The summed E-state index contributed by atoms with van der Waals surface area (Å²) in [5.74, 6) is -0.234. The largest absolute Gasteiger partial charge is 0.370 e. The number of carbonyl (C=O) groups excluding carboxylic acids is 1. The summed E-state index contributed by atoms with van der Waals surface area (Å²) in [6.45, 7) is 5.08. The second kappa shape index (κ2) is 8.11. The van der Waals surface area contributed by atoms with Gasteiger partial charge in [0.1, 0.15) is 16.1 Å². The Morgan fingerprint density at radius 2 is 2.12 bits per heavy atom. The van der Waals surface area contributed by atoms with Crippen molar-refractivity contribution in [1.29, 1.82) is 0 Å². The van der Waals surface area contributed by atoms with E-state index in [1.165, 1.54) is 22.2 Å². The Morgan fingerprint density at radius 3 is 2.91 bits per heavy atom. The minimum atomic E-state index is -0.234. The molecule has 1 aliphatic heterocycles. The third kappa shape index (κ3) is 3.80. The van der Waals surface area contributed by atoms with Crippen LogP contribution >= 0.6 is 11.3 Å². The smallest absolute Gasteiger partial charge is 0.271 e. The monoisotopic (exact) mass is 448 g/mol. The van der Waals surface area contributed by atoms with Gasteiger partial charge in [0.2, 0.25) is 5.91 Å². The number of fused-ring (bicyclic) bond motifs is 4. The number of ether oxygens (including phenoxy) is 1. The first-order valence-corrected chi connectivity index (χ1v) is 11.5. The van der Waals surface area contributed by atoms with Crippen LogP contribution in [-0.2, 0) is 35.6 Å². The number of nitrogens with one attached hydrogen (secondary N) is 1. The molecule has 1 amide bonds. The average molecular weight is 449 g/mol. The Hall–Kier alpha value is -3.10. The third-order valence-corrected chi connectivity index (χ3v) is 7.19. The van der Waals surface area contributed by atoms with Crippen LogP contribution in [0.4, 0.5) is 0 Å². The number of hydrogen-bond donors (Lipinski definition) is 1. The van der Waals surface area contributed by atoms with Gasteiger partial charge < -0.3 is 10.1 Å². The van der Waals surface area contributed by atoms with E-state index in [1.54, 1.807) is 0 Å². The van der Waals surface area contributed by atoms with Gasteiger partial charge in [-0.3, -0.25) is 14.2 Å². The minimum Gasteiger partial charge on any atom is -0.370 e. The number of aromatic nitrogens is 3. The SMILES string of the molecule is CC[C@@]1(C)Cc2nc3sc4c(=O)n(CC(=O)NCc5ccccc5)cnc4c3cc2CO1. The van der Waals surface area contributed by atoms with Crippen molar-refractivity contribution in [2.45, 2.75) is 52.0 Å². The van der Waals surface area contributed by atoms with Gasteiger partial charge in [0, 0.05) is 23.9 Å². The van der Waals surface area contributed by atoms with E-state index in [-0.39, 0.29) is 23.6 Å². The maximum absolute atomic E-state index is 13.1. The second-order valence-corrected chi connectivity index (χ2v) is 9.43. The molecule has 0 unspecified atom stereocenters. The molecule has 1 aliphatic rings. The van der Waals surface area contributed by atoms with E-state index in [0.717, 1.165) is 39.9 Å². The molecular weight excluding hydrogens is 424 g/mol. The van der Waals surface area contributed by atoms with E-state index in [2.05, 4.69) is 30.2 Å². The van der Waals surface area contributed by atoms with Crippen molar-refractivity contribution in [3.05, 3.63) is 69.9 Å². The summed E-state index contributed by atoms with van der Waals surface area (Å²) in [7, 11) is 0. The summed E-state index contributed by atoms with van der Waals surface area (Å²) >= 11 is 1.34. The van der Waals surface area contributed by atoms with E-state index in [0.29, 0.717) is 23.4 Å². The summed E-state index contributed by atoms with van der Waals surface area (Å²) in [6.07, 6.45) is 3.11. The van der Waals surface area contributed by atoms with Crippen LogP contribution in [0.3, 0.4) is 0 Å². The Kier molecular flexibility index (Phi) is 5.27. The lowest BCUT2D eigenvalue weighted by molar-refractivity contribution is -0.121. The van der Waals surface area contributed by atoms with Crippen molar-refractivity contribution in [3.8, 4) is 0 Å². The number of pyridine rings is 1. The molecule has 7 nitrogen and oxygen atoms in total. The summed E-state index contributed by atoms with van der Waals surface area (Å²) in [4.78, 5) is 35.6. The summed E-state index contributed by atoms with van der Waals surface area (Å²) in [5, 5.41) is 3.72. The number of benzene rings is 1. The fraction of sp³-hybridized carbons (Fsp3) is 0.333. The van der Waals surface area contributed by atoms with Gasteiger partial charge in [-0.1, -0.05) is 37.3 Å². The lowest BCUT2D eigenvalue weighted by Gasteiger charge is -2.33. The zero-order valence-electron chi connectivity index (χ0n) is 18.1. The number of rotatable bonds is 5. The standard InChI is InChI=1S/C24H24N4O3S/c1-3-24(2)10-18-16(13-31-24)9-17-20-21(32-22(17)27-18)23(30)28(14-26-20)12-19(29)25-11-15-7-5-4-6-8-15/h4-9,14H,3,10-13H2,1-2H3,(H,25,29)/t24-/m0/s1. The summed E-state index contributed by atoms with van der Waals surface area (Å²) in [5.41, 5.74) is 3.29. The predicted molar refractivity (Wildman–Crippen MR) is 125 cm³/mol. The van der Waals surface area contributed by atoms with Crippen LogP contribution in [-0.4, -0.2) is 26.0 Å². The maximum Gasteiger partial charge on any atom is 0.271 e. The number of hydrogen-bond acceptors (Lipinski definition) is 6. The molecule has 0 saturated heterocycles. The van der Waals surface area contributed by atoms with Gasteiger partial charge in [0.25, 0.3) is 5.56 Å². The Labute approximate surface area is 189 Å². The molecule has 3 aromatic heterocycles. The summed E-state index contributed by atoms with van der Waals surface area (Å²) < 4.78 is 7.93. The minimum absolute atomic E-state index is 0.0739. The van der Waals surface area contributed by atoms with Crippen molar-refractivity contribution in [1.82, 2.24) is 19.9 Å². The molecule has 4 aromatic rings. The van der Waals surface area contributed by atoms with Crippen molar-refractivity contribution >= 4 is 37.7 Å². The molecule has 0 bridgehead atoms. The molecule has 5 rings (SSSR count). The molecule has 164 valence electrons. The molecule has 8 heteroatoms. The number of nitrogens with zero attached hydrogens (tertiary/aromatic N) is 3. The normalized spacial score (nSPS) is 18.1. The van der Waals surface area contributed by atoms with Gasteiger partial charge in [0.05, 0.1) is 29.7 Å². The molecule has 1 aromatic carbocycles. The van der Waals surface area contributed by atoms with Crippen molar-refractivity contribution in [3.63, 3.8) is 0 Å². The van der Waals surface area contributed by atoms with Crippen LogP contribution in [0, 0.1) is 0 Å². The average Bonchev–Trinajstić information content (AvgIpc) is 3.17. The van der Waals surface area contributed by atoms with Gasteiger partial charge in [-0.2, -0.15) is 0 Å². The zero-order chi connectivity index (χ0) is 22.3. The first kappa shape index (κ1) is 20.8. The quantitative estimate of drug-likeness (QED) is 0.505. The van der Waals surface area contributed by atoms with E-state index in [4.69, 9.17) is 9.72 Å². The second-order valence-electron chi connectivity index (χ2n) is 8.44. The lowest BCUT2D eigenvalue weighted by Crippen LogP contribution is -2.35. The molecule has 0 aliphatic carbocycles. The molecule has 0 fully saturated rings. The Morgan fingerprint density at radius 1 is 1.31 bits per heavy atom. The van der Waals surface area contributed by atoms with Gasteiger partial charge in [-0.25, -0.2) is 9.97 Å². The van der Waals surface area contributed by atoms with Gasteiger partial charge in [-0.15, -0.1) is 11.3 Å². The predicted octanol–water partition coefficient (Wildman–Crippen LogP) is 3.56. The molecule has 0 spiro atoms. The van der Waals surface area contributed by atoms with Crippen molar-refractivity contribution in [2.75, 3.05) is 0 Å². The molecular formula is C24H24N4O3S. The molecule has 0 saturated carbocycles. The van der Waals surface area contributed by atoms with Gasteiger partial charge in [0.15, 0.2) is 0 Å². The highest BCUT2D eigenvalue weighted by Crippen LogP contribution is 2.35. The van der Waals surface area contributed by atoms with Crippen LogP contribution in [0.25, 0.3) is 20.4 Å². The van der Waals surface area contributed by atoms with Crippen molar-refractivity contribution in [2.24, 2.45) is 0 Å². The number of carbonyl (C=O) groups is 1. The van der Waals surface area contributed by atoms with Crippen molar-refractivity contribution < 1.29 is 9.53 Å². The zero-order valence-corrected chi connectivity index (χ0v) is 18.9. The molecule has 1 N–H and O–H groups in total. The van der Waals surface area contributed by atoms with Crippen LogP contribution in [0.2, 0.25) is 0 Å². The third-order valence-electron chi connectivity index (χ3n) is 6.12. The number of thiophene rings is 1. The van der Waals surface area contributed by atoms with E-state index in [1.807, 2.05) is 30.3 Å². The van der Waals surface area contributed by atoms with Gasteiger partial charge in [-0.05, 0) is 25.0 Å². The molecule has 0 radical (unpaired) electrons. The van der Waals surface area contributed by atoms with E-state index >= 15 is 0 Å². The molecule has 4 heterocycles. The van der Waals surface area contributed by atoms with Crippen LogP contribution in [0.1, 0.15) is 37.1 Å². The number of amides is 1. The highest BCUT2D eigenvalue weighted by molar-refractivity contribution is 7.25. The molecule has 32 heavy (non-hydrogen) atoms. The highest BCUT2D eigenvalue weighted by Gasteiger charge is 2.31. The van der Waals surface area contributed by atoms with E-state index < -0.39 is 0 Å². The maximum atomic E-state index is 13.1. The summed E-state index contributed by atoms with van der Waals surface area (Å²) in [6, 6.07) is 11.7. The van der Waals surface area contributed by atoms with Crippen LogP contribution in [0.15, 0.2) is 47.5 Å². The Bertz CT molecular complexity index is 1380. The highest BCUT2D eigenvalue weighted by atomic mass is 32.1. The van der Waals surface area contributed by atoms with Crippen LogP contribution < -0.4 is 10.9 Å². The Balaban J connectivity index is 1.43. The fourth-order valence-electron chi connectivity index (χ4n) is 3.95. The first-order valence-electron chi connectivity index (χ1n) is 10.7. The topological polar surface area (TPSA) is 86.1 Å². The lowest BCUT2D eigenvalue weighted by atomic mass is 9.91. The molecule has 1 atom stereocenters. The fourth-order valence-corrected chi connectivity index (χ4v) is 5.03.